The highest BCUT2D eigenvalue weighted by Crippen LogP contribution is 2.15. The number of amides is 1. The molecule has 6 heteroatoms. The van der Waals surface area contributed by atoms with Gasteiger partial charge < -0.3 is 15.0 Å². The standard InChI is InChI=1S/C22H28N4O2/c27-22(19-6-3-5-18(15-19)17-25-9-1-2-10-25)23-16-20-7-4-8-21(24-20)26-11-13-28-14-12-26/h3-8,15H,1-2,9-14,16-17H2,(H,23,27). The maximum Gasteiger partial charge on any atom is 0.251 e. The SMILES string of the molecule is O=C(NCc1cccc(N2CCOCC2)n1)c1cccc(CN2CCCC2)c1. The van der Waals surface area contributed by atoms with Gasteiger partial charge in [0, 0.05) is 25.2 Å². The summed E-state index contributed by atoms with van der Waals surface area (Å²) in [5.74, 6) is 0.893. The average Bonchev–Trinajstić information content (AvgIpc) is 3.26. The molecule has 2 aliphatic heterocycles. The predicted molar refractivity (Wildman–Crippen MR) is 109 cm³/mol. The van der Waals surface area contributed by atoms with Crippen molar-refractivity contribution in [2.45, 2.75) is 25.9 Å². The van der Waals surface area contributed by atoms with Gasteiger partial charge in [0.1, 0.15) is 5.82 Å². The zero-order valence-corrected chi connectivity index (χ0v) is 16.3. The highest BCUT2D eigenvalue weighted by Gasteiger charge is 2.14. The fourth-order valence-electron chi connectivity index (χ4n) is 3.82. The Hall–Kier alpha value is -2.44. The molecule has 2 aromatic rings. The largest absolute Gasteiger partial charge is 0.378 e. The van der Waals surface area contributed by atoms with Gasteiger partial charge in [0.2, 0.25) is 0 Å². The number of nitrogens with one attached hydrogen (secondary N) is 1. The molecule has 0 spiro atoms. The van der Waals surface area contributed by atoms with E-state index in [1.54, 1.807) is 0 Å². The van der Waals surface area contributed by atoms with E-state index >= 15 is 0 Å². The first-order chi connectivity index (χ1) is 13.8. The van der Waals surface area contributed by atoms with Crippen LogP contribution in [0, 0.1) is 0 Å². The van der Waals surface area contributed by atoms with Gasteiger partial charge >= 0.3 is 0 Å². The van der Waals surface area contributed by atoms with E-state index in [0.717, 1.165) is 57.4 Å². The van der Waals surface area contributed by atoms with E-state index in [9.17, 15) is 4.79 Å². The smallest absolute Gasteiger partial charge is 0.251 e. The summed E-state index contributed by atoms with van der Waals surface area (Å²) in [7, 11) is 0. The number of carbonyl (C=O) groups excluding carboxylic acids is 1. The van der Waals surface area contributed by atoms with Gasteiger partial charge in [-0.1, -0.05) is 18.2 Å². The average molecular weight is 380 g/mol. The van der Waals surface area contributed by atoms with Crippen LogP contribution >= 0.6 is 0 Å². The van der Waals surface area contributed by atoms with Crippen LogP contribution in [-0.4, -0.2) is 55.2 Å². The molecule has 3 heterocycles. The maximum absolute atomic E-state index is 12.6. The van der Waals surface area contributed by atoms with Gasteiger partial charge in [-0.25, -0.2) is 4.98 Å². The molecule has 148 valence electrons. The zero-order chi connectivity index (χ0) is 19.2. The second-order valence-electron chi connectivity index (χ2n) is 7.45. The molecule has 28 heavy (non-hydrogen) atoms. The zero-order valence-electron chi connectivity index (χ0n) is 16.3. The quantitative estimate of drug-likeness (QED) is 0.834. The molecule has 0 atom stereocenters. The molecule has 2 aliphatic rings. The van der Waals surface area contributed by atoms with Gasteiger partial charge in [-0.15, -0.1) is 0 Å². The van der Waals surface area contributed by atoms with Crippen LogP contribution in [0.25, 0.3) is 0 Å². The molecular weight excluding hydrogens is 352 g/mol. The highest BCUT2D eigenvalue weighted by molar-refractivity contribution is 5.94. The molecule has 4 rings (SSSR count). The first-order valence-electron chi connectivity index (χ1n) is 10.2. The summed E-state index contributed by atoms with van der Waals surface area (Å²) in [5, 5.41) is 3.01. The number of hydrogen-bond acceptors (Lipinski definition) is 5. The van der Waals surface area contributed by atoms with Crippen LogP contribution in [0.2, 0.25) is 0 Å². The Bertz CT molecular complexity index is 799. The van der Waals surface area contributed by atoms with E-state index < -0.39 is 0 Å². The molecule has 6 nitrogen and oxygen atoms in total. The number of nitrogens with zero attached hydrogens (tertiary/aromatic N) is 3. The van der Waals surface area contributed by atoms with Crippen molar-refractivity contribution < 1.29 is 9.53 Å². The minimum Gasteiger partial charge on any atom is -0.378 e. The number of morpholine rings is 1. The molecule has 2 fully saturated rings. The van der Waals surface area contributed by atoms with Crippen LogP contribution in [0.4, 0.5) is 5.82 Å². The van der Waals surface area contributed by atoms with Crippen molar-refractivity contribution in [3.63, 3.8) is 0 Å². The second-order valence-corrected chi connectivity index (χ2v) is 7.45. The van der Waals surface area contributed by atoms with Crippen molar-refractivity contribution in [1.29, 1.82) is 0 Å². The van der Waals surface area contributed by atoms with Gasteiger partial charge in [-0.05, 0) is 55.8 Å². The number of pyridine rings is 1. The Balaban J connectivity index is 1.35. The van der Waals surface area contributed by atoms with Gasteiger partial charge in [-0.2, -0.15) is 0 Å². The van der Waals surface area contributed by atoms with Crippen LogP contribution in [-0.2, 0) is 17.8 Å². The molecule has 0 bridgehead atoms. The summed E-state index contributed by atoms with van der Waals surface area (Å²) in [6.07, 6.45) is 2.55. The first-order valence-corrected chi connectivity index (χ1v) is 10.2. The Morgan fingerprint density at radius 3 is 2.64 bits per heavy atom. The number of benzene rings is 1. The highest BCUT2D eigenvalue weighted by atomic mass is 16.5. The van der Waals surface area contributed by atoms with Crippen molar-refractivity contribution in [3.05, 3.63) is 59.3 Å². The molecule has 1 aromatic heterocycles. The van der Waals surface area contributed by atoms with E-state index in [0.29, 0.717) is 12.1 Å². The maximum atomic E-state index is 12.6. The monoisotopic (exact) mass is 380 g/mol. The molecule has 1 N–H and O–H groups in total. The minimum absolute atomic E-state index is 0.0538. The molecule has 0 radical (unpaired) electrons. The van der Waals surface area contributed by atoms with E-state index in [1.807, 2.05) is 36.4 Å². The van der Waals surface area contributed by atoms with Gasteiger partial charge in [0.25, 0.3) is 5.91 Å². The third kappa shape index (κ3) is 4.88. The Morgan fingerprint density at radius 1 is 1.04 bits per heavy atom. The van der Waals surface area contributed by atoms with Gasteiger partial charge in [-0.3, -0.25) is 9.69 Å². The van der Waals surface area contributed by atoms with Crippen molar-refractivity contribution in [2.24, 2.45) is 0 Å². The lowest BCUT2D eigenvalue weighted by atomic mass is 10.1. The van der Waals surface area contributed by atoms with Crippen LogP contribution in [0.5, 0.6) is 0 Å². The number of anilines is 1. The van der Waals surface area contributed by atoms with Crippen molar-refractivity contribution >= 4 is 11.7 Å². The van der Waals surface area contributed by atoms with Crippen molar-refractivity contribution in [2.75, 3.05) is 44.3 Å². The molecule has 0 unspecified atom stereocenters. The first kappa shape index (κ1) is 18.9. The number of aromatic nitrogens is 1. The third-order valence-electron chi connectivity index (χ3n) is 5.35. The summed E-state index contributed by atoms with van der Waals surface area (Å²) in [4.78, 5) is 22.0. The van der Waals surface area contributed by atoms with Crippen LogP contribution in [0.1, 0.15) is 34.5 Å². The number of ether oxygens (including phenoxy) is 1. The summed E-state index contributed by atoms with van der Waals surface area (Å²) in [6.45, 7) is 6.83. The lowest BCUT2D eigenvalue weighted by Gasteiger charge is -2.28. The van der Waals surface area contributed by atoms with E-state index in [4.69, 9.17) is 9.72 Å². The fourth-order valence-corrected chi connectivity index (χ4v) is 3.82. The van der Waals surface area contributed by atoms with E-state index in [2.05, 4.69) is 21.2 Å². The summed E-state index contributed by atoms with van der Waals surface area (Å²) in [6, 6.07) is 13.9. The molecule has 0 aliphatic carbocycles. The lowest BCUT2D eigenvalue weighted by molar-refractivity contribution is 0.0950. The molecule has 1 amide bonds. The third-order valence-corrected chi connectivity index (χ3v) is 5.35. The van der Waals surface area contributed by atoms with Gasteiger partial charge in [0.15, 0.2) is 0 Å². The second kappa shape index (κ2) is 9.17. The Labute approximate surface area is 166 Å². The predicted octanol–water partition coefficient (Wildman–Crippen LogP) is 2.44. The van der Waals surface area contributed by atoms with Crippen LogP contribution in [0.3, 0.4) is 0 Å². The summed E-state index contributed by atoms with van der Waals surface area (Å²) in [5.41, 5.74) is 2.77. The number of rotatable bonds is 6. The number of likely N-dealkylation sites (tertiary alicyclic amines) is 1. The van der Waals surface area contributed by atoms with Crippen LogP contribution < -0.4 is 10.2 Å². The fraction of sp³-hybridized carbons (Fsp3) is 0.455. The molecular formula is C22H28N4O2. The Morgan fingerprint density at radius 2 is 1.82 bits per heavy atom. The van der Waals surface area contributed by atoms with Crippen molar-refractivity contribution in [1.82, 2.24) is 15.2 Å². The van der Waals surface area contributed by atoms with E-state index in [-0.39, 0.29) is 5.91 Å². The normalized spacial score (nSPS) is 17.6. The summed E-state index contributed by atoms with van der Waals surface area (Å²) < 4.78 is 5.40. The molecule has 2 saturated heterocycles. The van der Waals surface area contributed by atoms with Crippen LogP contribution in [0.15, 0.2) is 42.5 Å². The molecule has 1 aromatic carbocycles. The lowest BCUT2D eigenvalue weighted by Crippen LogP contribution is -2.37. The molecule has 0 saturated carbocycles. The van der Waals surface area contributed by atoms with Crippen molar-refractivity contribution in [3.8, 4) is 0 Å². The van der Waals surface area contributed by atoms with Gasteiger partial charge in [0.05, 0.1) is 25.5 Å². The number of carbonyl (C=O) groups is 1. The Kier molecular flexibility index (Phi) is 6.19. The van der Waals surface area contributed by atoms with E-state index in [1.165, 1.54) is 18.4 Å². The summed E-state index contributed by atoms with van der Waals surface area (Å²) >= 11 is 0. The minimum atomic E-state index is -0.0538. The topological polar surface area (TPSA) is 57.7 Å². The number of hydrogen-bond donors (Lipinski definition) is 1.